The SMILES string of the molecule is Cc1nn(C)c(C)c1N=Nc1ccc(NC(=O)c2ccco2)cc1NC(=O)c1ccco1.Cc1nn(C)c(C)c1N=Nc1ccc(NC(=O)c2cccs2)cc1NC(=O)c1cccs1. The number of aromatic nitrogens is 4. The van der Waals surface area contributed by atoms with E-state index < -0.39 is 11.8 Å². The minimum atomic E-state index is -0.463. The predicted molar refractivity (Wildman–Crippen MR) is 244 cm³/mol. The van der Waals surface area contributed by atoms with Gasteiger partial charge in [-0.15, -0.1) is 43.1 Å². The summed E-state index contributed by atoms with van der Waals surface area (Å²) >= 11 is 2.70. The van der Waals surface area contributed by atoms with Crippen molar-refractivity contribution in [3.05, 3.63) is 152 Å². The van der Waals surface area contributed by atoms with Crippen molar-refractivity contribution >= 4 is 91.8 Å². The summed E-state index contributed by atoms with van der Waals surface area (Å²) in [6.07, 6.45) is 2.82. The lowest BCUT2D eigenvalue weighted by atomic mass is 10.2. The summed E-state index contributed by atoms with van der Waals surface area (Å²) in [7, 11) is 3.67. The average molecular weight is 897 g/mol. The highest BCUT2D eigenvalue weighted by Gasteiger charge is 2.17. The number of furan rings is 2. The highest BCUT2D eigenvalue weighted by Crippen LogP contribution is 2.34. The van der Waals surface area contributed by atoms with Crippen molar-refractivity contribution in [1.29, 1.82) is 0 Å². The fourth-order valence-electron chi connectivity index (χ4n) is 6.01. The number of hydrogen-bond donors (Lipinski definition) is 4. The zero-order valence-corrected chi connectivity index (χ0v) is 36.9. The fraction of sp³-hybridized carbons (Fsp3) is 0.136. The lowest BCUT2D eigenvalue weighted by Gasteiger charge is -2.10. The van der Waals surface area contributed by atoms with Crippen molar-refractivity contribution < 1.29 is 28.0 Å². The van der Waals surface area contributed by atoms with E-state index in [-0.39, 0.29) is 23.3 Å². The van der Waals surface area contributed by atoms with E-state index in [2.05, 4.69) is 51.9 Å². The zero-order valence-electron chi connectivity index (χ0n) is 35.2. The maximum absolute atomic E-state index is 12.7. The van der Waals surface area contributed by atoms with Crippen molar-refractivity contribution in [3.63, 3.8) is 0 Å². The van der Waals surface area contributed by atoms with E-state index in [1.54, 1.807) is 82.2 Å². The zero-order chi connectivity index (χ0) is 45.3. The van der Waals surface area contributed by atoms with Gasteiger partial charge in [0, 0.05) is 25.5 Å². The van der Waals surface area contributed by atoms with E-state index in [0.717, 1.165) is 22.8 Å². The number of anilines is 4. The van der Waals surface area contributed by atoms with Crippen LogP contribution in [0.5, 0.6) is 0 Å². The molecule has 0 aliphatic carbocycles. The first-order valence-corrected chi connectivity index (χ1v) is 21.1. The van der Waals surface area contributed by atoms with Gasteiger partial charge in [0.1, 0.15) is 22.7 Å². The topological polar surface area (TPSA) is 228 Å². The Balaban J connectivity index is 0.000000191. The minimum absolute atomic E-state index is 0.136. The van der Waals surface area contributed by atoms with E-state index in [0.29, 0.717) is 55.3 Å². The molecular weight excluding hydrogens is 857 g/mol. The Bertz CT molecular complexity index is 2780. The van der Waals surface area contributed by atoms with Gasteiger partial charge in [0.25, 0.3) is 23.6 Å². The standard InChI is InChI=1S/C22H20N6O4.C22H20N6O2S2/c2*1-13-20(14(2)28(3)27-13)26-25-16-9-8-15(23-21(29)18-6-4-10-31-18)12-17(16)24-22(30)19-7-5-11-32-19/h2*4-12H,1-3H3,(H,23,29)(H,24,30). The van der Waals surface area contributed by atoms with E-state index in [1.165, 1.54) is 35.2 Å². The Morgan fingerprint density at radius 2 is 0.953 bits per heavy atom. The maximum Gasteiger partial charge on any atom is 0.291 e. The number of hydrogen-bond acceptors (Lipinski definition) is 14. The van der Waals surface area contributed by atoms with Gasteiger partial charge < -0.3 is 30.1 Å². The van der Waals surface area contributed by atoms with Crippen LogP contribution in [0.25, 0.3) is 0 Å². The molecule has 6 heterocycles. The second-order valence-electron chi connectivity index (χ2n) is 13.9. The van der Waals surface area contributed by atoms with Crippen LogP contribution in [-0.2, 0) is 14.1 Å². The summed E-state index contributed by atoms with van der Waals surface area (Å²) in [5.41, 5.74) is 7.17. The highest BCUT2D eigenvalue weighted by atomic mass is 32.1. The molecule has 6 aromatic heterocycles. The quantitative estimate of drug-likeness (QED) is 0.0860. The number of thiophene rings is 2. The fourth-order valence-corrected chi connectivity index (χ4v) is 7.25. The largest absolute Gasteiger partial charge is 0.459 e. The van der Waals surface area contributed by atoms with Crippen LogP contribution in [0.3, 0.4) is 0 Å². The van der Waals surface area contributed by atoms with E-state index in [4.69, 9.17) is 8.83 Å². The summed E-state index contributed by atoms with van der Waals surface area (Å²) in [6, 6.07) is 23.4. The van der Waals surface area contributed by atoms with Crippen molar-refractivity contribution in [2.75, 3.05) is 21.3 Å². The molecule has 0 radical (unpaired) electrons. The number of aryl methyl sites for hydroxylation is 4. The van der Waals surface area contributed by atoms with Crippen LogP contribution in [0.1, 0.15) is 63.2 Å². The average Bonchev–Trinajstić information content (AvgIpc) is 4.14. The van der Waals surface area contributed by atoms with Gasteiger partial charge in [-0.2, -0.15) is 10.2 Å². The van der Waals surface area contributed by atoms with E-state index in [1.807, 2.05) is 64.7 Å². The molecule has 0 saturated carbocycles. The molecule has 0 bridgehead atoms. The molecule has 20 heteroatoms. The van der Waals surface area contributed by atoms with Crippen molar-refractivity contribution in [2.24, 2.45) is 34.6 Å². The summed E-state index contributed by atoms with van der Waals surface area (Å²) in [5, 5.41) is 40.9. The number of benzene rings is 2. The Kier molecular flexibility index (Phi) is 13.6. The smallest absolute Gasteiger partial charge is 0.291 e. The molecule has 0 saturated heterocycles. The third-order valence-corrected chi connectivity index (χ3v) is 11.2. The lowest BCUT2D eigenvalue weighted by Crippen LogP contribution is -2.13. The minimum Gasteiger partial charge on any atom is -0.459 e. The van der Waals surface area contributed by atoms with E-state index >= 15 is 0 Å². The predicted octanol–water partition coefficient (Wildman–Crippen LogP) is 11.2. The molecule has 0 spiro atoms. The summed E-state index contributed by atoms with van der Waals surface area (Å²) in [5.74, 6) is -1.06. The van der Waals surface area contributed by atoms with Gasteiger partial charge in [-0.25, -0.2) is 0 Å². The van der Waals surface area contributed by atoms with Crippen LogP contribution in [0.15, 0.2) is 138 Å². The van der Waals surface area contributed by atoms with Gasteiger partial charge in [0.15, 0.2) is 11.5 Å². The molecule has 0 atom stereocenters. The first-order valence-electron chi connectivity index (χ1n) is 19.4. The Morgan fingerprint density at radius 3 is 1.34 bits per heavy atom. The number of carbonyl (C=O) groups is 4. The monoisotopic (exact) mass is 896 g/mol. The highest BCUT2D eigenvalue weighted by molar-refractivity contribution is 7.12. The van der Waals surface area contributed by atoms with Crippen LogP contribution < -0.4 is 21.3 Å². The van der Waals surface area contributed by atoms with Crippen LogP contribution in [0.2, 0.25) is 0 Å². The molecule has 2 aromatic carbocycles. The van der Waals surface area contributed by atoms with Crippen molar-refractivity contribution in [2.45, 2.75) is 27.7 Å². The second-order valence-corrected chi connectivity index (χ2v) is 15.8. The molecule has 8 aromatic rings. The van der Waals surface area contributed by atoms with Gasteiger partial charge in [-0.3, -0.25) is 28.5 Å². The van der Waals surface area contributed by atoms with Crippen molar-refractivity contribution in [3.8, 4) is 0 Å². The molecule has 4 amide bonds. The van der Waals surface area contributed by atoms with Crippen molar-refractivity contribution in [1.82, 2.24) is 19.6 Å². The van der Waals surface area contributed by atoms with Crippen LogP contribution in [0, 0.1) is 27.7 Å². The molecule has 18 nitrogen and oxygen atoms in total. The van der Waals surface area contributed by atoms with Gasteiger partial charge >= 0.3 is 0 Å². The molecule has 324 valence electrons. The number of azo groups is 2. The molecule has 0 aliphatic heterocycles. The van der Waals surface area contributed by atoms with Crippen LogP contribution in [0.4, 0.5) is 45.5 Å². The molecule has 0 aliphatic rings. The Labute approximate surface area is 373 Å². The molecule has 8 rings (SSSR count). The number of nitrogens with zero attached hydrogens (tertiary/aromatic N) is 8. The number of amides is 4. The molecule has 0 unspecified atom stereocenters. The second kappa shape index (κ2) is 19.7. The van der Waals surface area contributed by atoms with E-state index in [9.17, 15) is 19.2 Å². The Morgan fingerprint density at radius 1 is 0.531 bits per heavy atom. The molecule has 4 N–H and O–H groups in total. The summed E-state index contributed by atoms with van der Waals surface area (Å²) in [4.78, 5) is 51.1. The maximum atomic E-state index is 12.7. The molecule has 0 fully saturated rings. The third kappa shape index (κ3) is 10.5. The van der Waals surface area contributed by atoms with Gasteiger partial charge in [-0.1, -0.05) is 12.1 Å². The van der Waals surface area contributed by atoms with Gasteiger partial charge in [0.05, 0.1) is 56.4 Å². The molecular formula is C44H40N12O6S2. The number of nitrogens with one attached hydrogen (secondary N) is 4. The lowest BCUT2D eigenvalue weighted by molar-refractivity contribution is 0.0990. The Hall–Kier alpha value is -8.10. The third-order valence-electron chi connectivity index (χ3n) is 9.44. The first kappa shape index (κ1) is 44.0. The summed E-state index contributed by atoms with van der Waals surface area (Å²) < 4.78 is 13.7. The summed E-state index contributed by atoms with van der Waals surface area (Å²) in [6.45, 7) is 7.51. The normalized spacial score (nSPS) is 11.1. The van der Waals surface area contributed by atoms with Crippen LogP contribution in [-0.4, -0.2) is 43.2 Å². The van der Waals surface area contributed by atoms with Gasteiger partial charge in [-0.05, 0) is 111 Å². The molecule has 64 heavy (non-hydrogen) atoms. The van der Waals surface area contributed by atoms with Gasteiger partial charge in [0.2, 0.25) is 0 Å². The van der Waals surface area contributed by atoms with Crippen LogP contribution >= 0.6 is 22.7 Å². The number of carbonyl (C=O) groups excluding carboxylic acids is 4. The first-order chi connectivity index (χ1) is 30.8. The number of rotatable bonds is 12.